The summed E-state index contributed by atoms with van der Waals surface area (Å²) in [6.07, 6.45) is 1.86. The summed E-state index contributed by atoms with van der Waals surface area (Å²) in [6, 6.07) is 14.4. The van der Waals surface area contributed by atoms with Crippen LogP contribution in [-0.4, -0.2) is 40.8 Å². The van der Waals surface area contributed by atoms with Crippen LogP contribution in [0.25, 0.3) is 0 Å². The summed E-state index contributed by atoms with van der Waals surface area (Å²) in [5.74, 6) is 0.142. The van der Waals surface area contributed by atoms with Gasteiger partial charge in [-0.2, -0.15) is 0 Å². The average Bonchev–Trinajstić information content (AvgIpc) is 3.02. The maximum Gasteiger partial charge on any atom is 0.247 e. The van der Waals surface area contributed by atoms with Gasteiger partial charge in [0.1, 0.15) is 12.3 Å². The van der Waals surface area contributed by atoms with Crippen molar-refractivity contribution >= 4 is 27.3 Å². The fourth-order valence-corrected chi connectivity index (χ4v) is 3.88. The molecule has 0 saturated carbocycles. The number of anilines is 2. The monoisotopic (exact) mass is 360 g/mol. The SMILES string of the molecule is COc1ccccc1N(CC(=O)N1CCc2ccccc21)S(C)(=O)=O. The molecule has 6 nitrogen and oxygen atoms in total. The predicted octanol–water partition coefficient (Wildman–Crippen LogP) is 2.05. The molecule has 25 heavy (non-hydrogen) atoms. The van der Waals surface area contributed by atoms with E-state index in [0.29, 0.717) is 18.0 Å². The molecule has 0 aromatic heterocycles. The number of fused-ring (bicyclic) bond motifs is 1. The molecule has 0 N–H and O–H groups in total. The Labute approximate surface area is 147 Å². The molecule has 7 heteroatoms. The molecule has 0 saturated heterocycles. The molecule has 0 fully saturated rings. The van der Waals surface area contributed by atoms with E-state index < -0.39 is 10.0 Å². The van der Waals surface area contributed by atoms with Gasteiger partial charge in [-0.15, -0.1) is 0 Å². The number of methoxy groups -OCH3 is 1. The first kappa shape index (κ1) is 17.3. The summed E-state index contributed by atoms with van der Waals surface area (Å²) in [5, 5.41) is 0. The molecule has 0 aliphatic carbocycles. The molecule has 0 atom stereocenters. The fraction of sp³-hybridized carbons (Fsp3) is 0.278. The van der Waals surface area contributed by atoms with Crippen LogP contribution in [0.5, 0.6) is 5.75 Å². The van der Waals surface area contributed by atoms with Gasteiger partial charge in [0.05, 0.1) is 19.1 Å². The number of carbonyl (C=O) groups is 1. The van der Waals surface area contributed by atoms with Crippen molar-refractivity contribution in [2.24, 2.45) is 0 Å². The Balaban J connectivity index is 1.91. The van der Waals surface area contributed by atoms with Gasteiger partial charge in [-0.3, -0.25) is 9.10 Å². The highest BCUT2D eigenvalue weighted by Gasteiger charge is 2.29. The van der Waals surface area contributed by atoms with Gasteiger partial charge in [0, 0.05) is 12.2 Å². The van der Waals surface area contributed by atoms with Gasteiger partial charge in [-0.05, 0) is 30.2 Å². The Morgan fingerprint density at radius 3 is 2.56 bits per heavy atom. The predicted molar refractivity (Wildman–Crippen MR) is 97.7 cm³/mol. The summed E-state index contributed by atoms with van der Waals surface area (Å²) in [6.45, 7) is 0.287. The minimum Gasteiger partial charge on any atom is -0.495 e. The molecule has 1 aliphatic rings. The number of para-hydroxylation sites is 3. The van der Waals surface area contributed by atoms with Crippen molar-refractivity contribution in [3.63, 3.8) is 0 Å². The van der Waals surface area contributed by atoms with Crippen molar-refractivity contribution in [2.75, 3.05) is 35.7 Å². The molecule has 1 amide bonds. The van der Waals surface area contributed by atoms with Crippen LogP contribution in [0.3, 0.4) is 0 Å². The molecule has 1 heterocycles. The summed E-state index contributed by atoms with van der Waals surface area (Å²) >= 11 is 0. The van der Waals surface area contributed by atoms with Crippen molar-refractivity contribution in [3.8, 4) is 5.75 Å². The number of ether oxygens (including phenoxy) is 1. The van der Waals surface area contributed by atoms with E-state index in [1.165, 1.54) is 7.11 Å². The lowest BCUT2D eigenvalue weighted by Gasteiger charge is -2.26. The number of sulfonamides is 1. The number of rotatable bonds is 5. The topological polar surface area (TPSA) is 66.9 Å². The van der Waals surface area contributed by atoms with Crippen molar-refractivity contribution < 1.29 is 17.9 Å². The molecule has 132 valence electrons. The summed E-state index contributed by atoms with van der Waals surface area (Å²) < 4.78 is 30.9. The van der Waals surface area contributed by atoms with Crippen LogP contribution in [-0.2, 0) is 21.2 Å². The van der Waals surface area contributed by atoms with Gasteiger partial charge in [0.25, 0.3) is 0 Å². The van der Waals surface area contributed by atoms with Crippen LogP contribution >= 0.6 is 0 Å². The number of carbonyl (C=O) groups excluding carboxylic acids is 1. The molecular weight excluding hydrogens is 340 g/mol. The average molecular weight is 360 g/mol. The van der Waals surface area contributed by atoms with Gasteiger partial charge in [-0.25, -0.2) is 8.42 Å². The minimum absolute atomic E-state index is 0.263. The lowest BCUT2D eigenvalue weighted by Crippen LogP contribution is -2.42. The van der Waals surface area contributed by atoms with Gasteiger partial charge in [0.2, 0.25) is 15.9 Å². The summed E-state index contributed by atoms with van der Waals surface area (Å²) in [5.41, 5.74) is 2.30. The van der Waals surface area contributed by atoms with Crippen molar-refractivity contribution in [1.29, 1.82) is 0 Å². The number of hydrogen-bond acceptors (Lipinski definition) is 4. The normalized spacial score (nSPS) is 13.4. The Morgan fingerprint density at radius 2 is 1.84 bits per heavy atom. The highest BCUT2D eigenvalue weighted by molar-refractivity contribution is 7.92. The van der Waals surface area contributed by atoms with Crippen LogP contribution in [0.15, 0.2) is 48.5 Å². The van der Waals surface area contributed by atoms with Gasteiger partial charge in [-0.1, -0.05) is 30.3 Å². The number of hydrogen-bond donors (Lipinski definition) is 0. The van der Waals surface area contributed by atoms with Crippen molar-refractivity contribution in [2.45, 2.75) is 6.42 Å². The molecular formula is C18H20N2O4S. The van der Waals surface area contributed by atoms with Crippen LogP contribution in [0, 0.1) is 0 Å². The molecule has 0 spiro atoms. The van der Waals surface area contributed by atoms with Gasteiger partial charge >= 0.3 is 0 Å². The minimum atomic E-state index is -3.65. The maximum absolute atomic E-state index is 12.8. The van der Waals surface area contributed by atoms with Crippen molar-refractivity contribution in [3.05, 3.63) is 54.1 Å². The first-order valence-corrected chi connectivity index (χ1v) is 9.75. The van der Waals surface area contributed by atoms with E-state index in [9.17, 15) is 13.2 Å². The third-order valence-electron chi connectivity index (χ3n) is 4.22. The Hall–Kier alpha value is -2.54. The molecule has 1 aliphatic heterocycles. The standard InChI is InChI=1S/C18H20N2O4S/c1-24-17-10-6-5-9-16(17)20(25(2,22)23)13-18(21)19-12-11-14-7-3-4-8-15(14)19/h3-10H,11-13H2,1-2H3. The second kappa shape index (κ2) is 6.76. The zero-order chi connectivity index (χ0) is 18.0. The first-order valence-electron chi connectivity index (χ1n) is 7.91. The Kier molecular flexibility index (Phi) is 4.67. The largest absolute Gasteiger partial charge is 0.495 e. The highest BCUT2D eigenvalue weighted by atomic mass is 32.2. The van der Waals surface area contributed by atoms with E-state index in [2.05, 4.69) is 0 Å². The van der Waals surface area contributed by atoms with Crippen LogP contribution < -0.4 is 13.9 Å². The second-order valence-corrected chi connectivity index (χ2v) is 7.77. The number of benzene rings is 2. The van der Waals surface area contributed by atoms with E-state index >= 15 is 0 Å². The van der Waals surface area contributed by atoms with Crippen LogP contribution in [0.1, 0.15) is 5.56 Å². The molecule has 3 rings (SSSR count). The van der Waals surface area contributed by atoms with Crippen LogP contribution in [0.2, 0.25) is 0 Å². The summed E-state index contributed by atoms with van der Waals surface area (Å²) in [7, 11) is -2.18. The molecule has 0 radical (unpaired) electrons. The second-order valence-electron chi connectivity index (χ2n) is 5.87. The zero-order valence-corrected chi connectivity index (χ0v) is 15.0. The number of nitrogens with zero attached hydrogens (tertiary/aromatic N) is 2. The lowest BCUT2D eigenvalue weighted by atomic mass is 10.2. The third kappa shape index (κ3) is 3.46. The molecule has 2 aromatic rings. The Morgan fingerprint density at radius 1 is 1.16 bits per heavy atom. The highest BCUT2D eigenvalue weighted by Crippen LogP contribution is 2.31. The maximum atomic E-state index is 12.8. The molecule has 0 bridgehead atoms. The van der Waals surface area contributed by atoms with E-state index in [4.69, 9.17) is 4.74 Å². The van der Waals surface area contributed by atoms with Crippen LogP contribution in [0.4, 0.5) is 11.4 Å². The van der Waals surface area contributed by atoms with Gasteiger partial charge in [0.15, 0.2) is 0 Å². The Bertz CT molecular complexity index is 895. The number of amides is 1. The van der Waals surface area contributed by atoms with E-state index in [1.54, 1.807) is 29.2 Å². The third-order valence-corrected chi connectivity index (χ3v) is 5.35. The summed E-state index contributed by atoms with van der Waals surface area (Å²) in [4.78, 5) is 14.5. The van der Waals surface area contributed by atoms with Crippen molar-refractivity contribution in [1.82, 2.24) is 0 Å². The van der Waals surface area contributed by atoms with Gasteiger partial charge < -0.3 is 9.64 Å². The van der Waals surface area contributed by atoms with E-state index in [-0.39, 0.29) is 12.5 Å². The quantitative estimate of drug-likeness (QED) is 0.818. The smallest absolute Gasteiger partial charge is 0.247 e. The zero-order valence-electron chi connectivity index (χ0n) is 14.2. The lowest BCUT2D eigenvalue weighted by molar-refractivity contribution is -0.117. The van der Waals surface area contributed by atoms with E-state index in [1.807, 2.05) is 24.3 Å². The van der Waals surface area contributed by atoms with E-state index in [0.717, 1.165) is 28.2 Å². The first-order chi connectivity index (χ1) is 11.9. The molecule has 0 unspecified atom stereocenters. The fourth-order valence-electron chi connectivity index (χ4n) is 3.02. The molecule has 2 aromatic carbocycles.